The maximum absolute atomic E-state index is 5.57. The first kappa shape index (κ1) is 17.1. The van der Waals surface area contributed by atoms with Gasteiger partial charge >= 0.3 is 0 Å². The van der Waals surface area contributed by atoms with E-state index in [0.717, 1.165) is 42.6 Å². The Hall–Kier alpha value is -2.35. The highest BCUT2D eigenvalue weighted by molar-refractivity contribution is 7.13. The van der Waals surface area contributed by atoms with Crippen LogP contribution in [0.1, 0.15) is 17.3 Å². The molecule has 1 atom stereocenters. The van der Waals surface area contributed by atoms with Gasteiger partial charge in [0.05, 0.1) is 18.8 Å². The zero-order chi connectivity index (χ0) is 17.8. The average molecular weight is 367 g/mol. The second-order valence-corrected chi connectivity index (χ2v) is 7.01. The monoisotopic (exact) mass is 367 g/mol. The van der Waals surface area contributed by atoms with Crippen molar-refractivity contribution in [3.63, 3.8) is 0 Å². The molecule has 134 valence electrons. The van der Waals surface area contributed by atoms with Gasteiger partial charge in [-0.15, -0.1) is 11.3 Å². The number of aromatic nitrogens is 3. The van der Waals surface area contributed by atoms with Gasteiger partial charge in [-0.2, -0.15) is 0 Å². The zero-order valence-electron chi connectivity index (χ0n) is 14.6. The molecular weight excluding hydrogens is 346 g/mol. The standard InChI is InChI=1S/C19H21N5OS/c1-25-17-6-3-2-5-15(17)16-11-20-9-10-24(16)12-14-13-26-19(23-14)18-21-7-4-8-22-18/h2-8,13,16,20H,9-12H2,1H3. The molecule has 0 spiro atoms. The normalized spacial score (nSPS) is 18.0. The first-order valence-corrected chi connectivity index (χ1v) is 9.52. The smallest absolute Gasteiger partial charge is 0.188 e. The lowest BCUT2D eigenvalue weighted by atomic mass is 10.0. The van der Waals surface area contributed by atoms with Crippen molar-refractivity contribution in [2.75, 3.05) is 26.7 Å². The van der Waals surface area contributed by atoms with E-state index in [1.165, 1.54) is 5.56 Å². The van der Waals surface area contributed by atoms with Crippen LogP contribution in [0, 0.1) is 0 Å². The highest BCUT2D eigenvalue weighted by Crippen LogP contribution is 2.31. The number of hydrogen-bond acceptors (Lipinski definition) is 7. The third kappa shape index (κ3) is 3.60. The van der Waals surface area contributed by atoms with Gasteiger partial charge in [-0.05, 0) is 12.1 Å². The van der Waals surface area contributed by atoms with Crippen LogP contribution in [0.3, 0.4) is 0 Å². The summed E-state index contributed by atoms with van der Waals surface area (Å²) >= 11 is 1.59. The Labute approximate surface area is 156 Å². The van der Waals surface area contributed by atoms with Crippen LogP contribution < -0.4 is 10.1 Å². The van der Waals surface area contributed by atoms with Crippen LogP contribution in [0.5, 0.6) is 5.75 Å². The van der Waals surface area contributed by atoms with Crippen molar-refractivity contribution in [3.8, 4) is 16.6 Å². The van der Waals surface area contributed by atoms with Gasteiger partial charge in [0.2, 0.25) is 0 Å². The van der Waals surface area contributed by atoms with Crippen molar-refractivity contribution in [2.45, 2.75) is 12.6 Å². The second kappa shape index (κ2) is 7.90. The van der Waals surface area contributed by atoms with Crippen LogP contribution in [0.25, 0.3) is 10.8 Å². The number of rotatable bonds is 5. The Morgan fingerprint density at radius 1 is 1.23 bits per heavy atom. The predicted octanol–water partition coefficient (Wildman–Crippen LogP) is 2.76. The first-order valence-electron chi connectivity index (χ1n) is 8.64. The van der Waals surface area contributed by atoms with E-state index in [1.807, 2.05) is 18.2 Å². The van der Waals surface area contributed by atoms with Gasteiger partial charge in [-0.1, -0.05) is 18.2 Å². The van der Waals surface area contributed by atoms with Crippen molar-refractivity contribution in [3.05, 3.63) is 59.4 Å². The molecule has 0 aliphatic carbocycles. The number of para-hydroxylation sites is 1. The Morgan fingerprint density at radius 2 is 2.08 bits per heavy atom. The lowest BCUT2D eigenvalue weighted by molar-refractivity contribution is 0.149. The number of nitrogens with zero attached hydrogens (tertiary/aromatic N) is 4. The van der Waals surface area contributed by atoms with Gasteiger partial charge in [0.25, 0.3) is 0 Å². The fourth-order valence-electron chi connectivity index (χ4n) is 3.28. The molecule has 2 aromatic heterocycles. The van der Waals surface area contributed by atoms with Crippen LogP contribution in [0.15, 0.2) is 48.1 Å². The van der Waals surface area contributed by atoms with Gasteiger partial charge in [-0.3, -0.25) is 4.90 Å². The summed E-state index contributed by atoms with van der Waals surface area (Å²) < 4.78 is 5.57. The molecule has 0 amide bonds. The summed E-state index contributed by atoms with van der Waals surface area (Å²) in [5.41, 5.74) is 2.27. The van der Waals surface area contributed by atoms with E-state index >= 15 is 0 Å². The van der Waals surface area contributed by atoms with Crippen LogP contribution in [-0.2, 0) is 6.54 Å². The number of benzene rings is 1. The molecule has 1 aromatic carbocycles. The molecule has 6 nitrogen and oxygen atoms in total. The third-order valence-electron chi connectivity index (χ3n) is 4.53. The summed E-state index contributed by atoms with van der Waals surface area (Å²) in [6, 6.07) is 10.3. The summed E-state index contributed by atoms with van der Waals surface area (Å²) in [5.74, 6) is 1.62. The molecule has 7 heteroatoms. The number of nitrogens with one attached hydrogen (secondary N) is 1. The van der Waals surface area contributed by atoms with Crippen LogP contribution in [0.4, 0.5) is 0 Å². The molecule has 3 heterocycles. The fourth-order valence-corrected chi connectivity index (χ4v) is 4.04. The largest absolute Gasteiger partial charge is 0.496 e. The summed E-state index contributed by atoms with van der Waals surface area (Å²) in [6.07, 6.45) is 3.49. The molecular formula is C19H21N5OS. The fraction of sp³-hybridized carbons (Fsp3) is 0.316. The average Bonchev–Trinajstić information content (AvgIpc) is 3.18. The van der Waals surface area contributed by atoms with Crippen molar-refractivity contribution in [1.29, 1.82) is 0 Å². The van der Waals surface area contributed by atoms with Gasteiger partial charge in [0.15, 0.2) is 10.8 Å². The van der Waals surface area contributed by atoms with Gasteiger partial charge in [-0.25, -0.2) is 15.0 Å². The topological polar surface area (TPSA) is 63.2 Å². The molecule has 1 aliphatic rings. The number of piperazine rings is 1. The molecule has 4 rings (SSSR count). The molecule has 3 aromatic rings. The summed E-state index contributed by atoms with van der Waals surface area (Å²) in [6.45, 7) is 3.65. The number of methoxy groups -OCH3 is 1. The SMILES string of the molecule is COc1ccccc1C1CNCCN1Cc1csc(-c2ncccn2)n1. The van der Waals surface area contributed by atoms with E-state index in [0.29, 0.717) is 5.82 Å². The Bertz CT molecular complexity index is 854. The number of thiazole rings is 1. The molecule has 1 N–H and O–H groups in total. The maximum Gasteiger partial charge on any atom is 0.188 e. The molecule has 0 bridgehead atoms. The minimum Gasteiger partial charge on any atom is -0.496 e. The number of ether oxygens (including phenoxy) is 1. The quantitative estimate of drug-likeness (QED) is 0.748. The molecule has 26 heavy (non-hydrogen) atoms. The van der Waals surface area contributed by atoms with E-state index in [2.05, 4.69) is 37.7 Å². The minimum absolute atomic E-state index is 0.262. The highest BCUT2D eigenvalue weighted by atomic mass is 32.1. The Kier molecular flexibility index (Phi) is 5.19. The predicted molar refractivity (Wildman–Crippen MR) is 102 cm³/mol. The van der Waals surface area contributed by atoms with E-state index in [9.17, 15) is 0 Å². The van der Waals surface area contributed by atoms with Gasteiger partial charge in [0.1, 0.15) is 5.75 Å². The maximum atomic E-state index is 5.57. The van der Waals surface area contributed by atoms with Crippen LogP contribution in [0.2, 0.25) is 0 Å². The van der Waals surface area contributed by atoms with Crippen molar-refractivity contribution in [2.24, 2.45) is 0 Å². The summed E-state index contributed by atoms with van der Waals surface area (Å²) in [4.78, 5) is 15.8. The summed E-state index contributed by atoms with van der Waals surface area (Å²) in [7, 11) is 1.73. The molecule has 1 saturated heterocycles. The summed E-state index contributed by atoms with van der Waals surface area (Å²) in [5, 5.41) is 6.47. The molecule has 1 aliphatic heterocycles. The first-order chi connectivity index (χ1) is 12.8. The van der Waals surface area contributed by atoms with Crippen LogP contribution >= 0.6 is 11.3 Å². The minimum atomic E-state index is 0.262. The van der Waals surface area contributed by atoms with E-state index in [-0.39, 0.29) is 6.04 Å². The lowest BCUT2D eigenvalue weighted by Gasteiger charge is -2.36. The van der Waals surface area contributed by atoms with Crippen LogP contribution in [-0.4, -0.2) is 46.6 Å². The van der Waals surface area contributed by atoms with E-state index < -0.39 is 0 Å². The van der Waals surface area contributed by atoms with Crippen molar-refractivity contribution in [1.82, 2.24) is 25.2 Å². The molecule has 1 unspecified atom stereocenters. The Morgan fingerprint density at radius 3 is 2.92 bits per heavy atom. The van der Waals surface area contributed by atoms with Gasteiger partial charge in [0, 0.05) is 49.5 Å². The van der Waals surface area contributed by atoms with Crippen molar-refractivity contribution >= 4 is 11.3 Å². The van der Waals surface area contributed by atoms with Gasteiger partial charge < -0.3 is 10.1 Å². The lowest BCUT2D eigenvalue weighted by Crippen LogP contribution is -2.45. The van der Waals surface area contributed by atoms with E-state index in [4.69, 9.17) is 9.72 Å². The Balaban J connectivity index is 1.55. The highest BCUT2D eigenvalue weighted by Gasteiger charge is 2.26. The molecule has 0 saturated carbocycles. The molecule has 0 radical (unpaired) electrons. The van der Waals surface area contributed by atoms with Crippen molar-refractivity contribution < 1.29 is 4.74 Å². The number of hydrogen-bond donors (Lipinski definition) is 1. The third-order valence-corrected chi connectivity index (χ3v) is 5.41. The zero-order valence-corrected chi connectivity index (χ0v) is 15.4. The van der Waals surface area contributed by atoms with E-state index in [1.54, 1.807) is 30.8 Å². The second-order valence-electron chi connectivity index (χ2n) is 6.15. The molecule has 1 fully saturated rings.